The molecule has 6 heteroatoms. The van der Waals surface area contributed by atoms with E-state index in [4.69, 9.17) is 0 Å². The van der Waals surface area contributed by atoms with Gasteiger partial charge in [0.25, 0.3) is 5.91 Å². The highest BCUT2D eigenvalue weighted by atomic mass is 127. The summed E-state index contributed by atoms with van der Waals surface area (Å²) in [6.07, 6.45) is 3.40. The van der Waals surface area contributed by atoms with Crippen molar-refractivity contribution in [2.24, 2.45) is 5.10 Å². The maximum atomic E-state index is 12.5. The minimum absolute atomic E-state index is 0.236. The number of hydrazone groups is 1. The minimum atomic E-state index is -0.236. The zero-order valence-electron chi connectivity index (χ0n) is 15.5. The number of nitrogens with zero attached hydrogens (tertiary/aromatic N) is 2. The lowest BCUT2D eigenvalue weighted by molar-refractivity contribution is 0.0957. The van der Waals surface area contributed by atoms with Crippen molar-refractivity contribution < 1.29 is 4.79 Å². The molecule has 2 N–H and O–H groups in total. The largest absolute Gasteiger partial charge is 0.360 e. The van der Waals surface area contributed by atoms with E-state index in [0.29, 0.717) is 5.56 Å². The lowest BCUT2D eigenvalue weighted by Gasteiger charge is -2.09. The molecular weight excluding hydrogens is 463 g/mol. The molecule has 0 aliphatic carbocycles. The summed E-state index contributed by atoms with van der Waals surface area (Å²) >= 11 is 2.30. The molecule has 4 rings (SSSR count). The van der Waals surface area contributed by atoms with Gasteiger partial charge >= 0.3 is 0 Å². The highest BCUT2D eigenvalue weighted by molar-refractivity contribution is 14.1. The first-order valence-corrected chi connectivity index (χ1v) is 9.97. The fraction of sp³-hybridized carbons (Fsp3) is 0.0909. The first-order chi connectivity index (χ1) is 13.5. The van der Waals surface area contributed by atoms with Crippen molar-refractivity contribution in [1.29, 1.82) is 0 Å². The molecule has 0 fully saturated rings. The predicted molar refractivity (Wildman–Crippen MR) is 121 cm³/mol. The summed E-state index contributed by atoms with van der Waals surface area (Å²) in [5.74, 6) is -0.236. The Labute approximate surface area is 176 Å². The molecule has 0 saturated heterocycles. The number of aryl methyl sites for hydroxylation is 1. The van der Waals surface area contributed by atoms with Gasteiger partial charge in [-0.15, -0.1) is 0 Å². The van der Waals surface area contributed by atoms with E-state index in [1.165, 1.54) is 3.57 Å². The SMILES string of the molecule is Cc1cc(/C=N/NC(=O)c2c[nH]c3ccccc23)c(C)n1-c1ccc(I)cc1. The maximum absolute atomic E-state index is 12.5. The van der Waals surface area contributed by atoms with Crippen LogP contribution in [-0.2, 0) is 0 Å². The summed E-state index contributed by atoms with van der Waals surface area (Å²) in [4.78, 5) is 15.6. The maximum Gasteiger partial charge on any atom is 0.273 e. The third-order valence-corrected chi connectivity index (χ3v) is 5.48. The lowest BCUT2D eigenvalue weighted by Crippen LogP contribution is -2.17. The quantitative estimate of drug-likeness (QED) is 0.242. The second-order valence-corrected chi connectivity index (χ2v) is 7.83. The summed E-state index contributed by atoms with van der Waals surface area (Å²) in [6, 6.07) is 18.1. The van der Waals surface area contributed by atoms with Crippen LogP contribution < -0.4 is 5.43 Å². The molecule has 0 aliphatic heterocycles. The van der Waals surface area contributed by atoms with Crippen LogP contribution >= 0.6 is 22.6 Å². The molecule has 0 atom stereocenters. The van der Waals surface area contributed by atoms with E-state index in [1.54, 1.807) is 12.4 Å². The molecule has 28 heavy (non-hydrogen) atoms. The molecule has 2 aromatic carbocycles. The van der Waals surface area contributed by atoms with Crippen molar-refractivity contribution in [3.8, 4) is 5.69 Å². The number of carbonyl (C=O) groups is 1. The van der Waals surface area contributed by atoms with Crippen LogP contribution in [0.4, 0.5) is 0 Å². The van der Waals surface area contributed by atoms with Crippen molar-refractivity contribution >= 4 is 45.6 Å². The van der Waals surface area contributed by atoms with Crippen molar-refractivity contribution in [1.82, 2.24) is 15.0 Å². The third-order valence-electron chi connectivity index (χ3n) is 4.76. The Hall–Kier alpha value is -2.87. The number of para-hydroxylation sites is 1. The molecule has 0 bridgehead atoms. The number of amides is 1. The Kier molecular flexibility index (Phi) is 5.04. The van der Waals surface area contributed by atoms with E-state index in [2.05, 4.69) is 79.9 Å². The van der Waals surface area contributed by atoms with Gasteiger partial charge in [-0.25, -0.2) is 5.43 Å². The van der Waals surface area contributed by atoms with Crippen LogP contribution in [0.25, 0.3) is 16.6 Å². The molecule has 5 nitrogen and oxygen atoms in total. The molecule has 0 saturated carbocycles. The van der Waals surface area contributed by atoms with Gasteiger partial charge in [-0.2, -0.15) is 5.10 Å². The summed E-state index contributed by atoms with van der Waals surface area (Å²) in [5.41, 5.74) is 8.40. The molecule has 0 aliphatic rings. The molecular formula is C22H19IN4O. The number of aromatic amines is 1. The van der Waals surface area contributed by atoms with Crippen molar-refractivity contribution in [2.45, 2.75) is 13.8 Å². The van der Waals surface area contributed by atoms with Gasteiger partial charge in [-0.1, -0.05) is 18.2 Å². The van der Waals surface area contributed by atoms with Gasteiger partial charge in [0.05, 0.1) is 11.8 Å². The normalized spacial score (nSPS) is 11.4. The monoisotopic (exact) mass is 482 g/mol. The lowest BCUT2D eigenvalue weighted by atomic mass is 10.2. The molecule has 140 valence electrons. The molecule has 4 aromatic rings. The van der Waals surface area contributed by atoms with Crippen molar-refractivity contribution in [3.05, 3.63) is 86.9 Å². The topological polar surface area (TPSA) is 62.2 Å². The number of rotatable bonds is 4. The van der Waals surface area contributed by atoms with Crippen LogP contribution in [0.3, 0.4) is 0 Å². The van der Waals surface area contributed by atoms with E-state index in [-0.39, 0.29) is 5.91 Å². The number of H-pyrrole nitrogens is 1. The Bertz CT molecular complexity index is 1190. The highest BCUT2D eigenvalue weighted by Crippen LogP contribution is 2.21. The van der Waals surface area contributed by atoms with Gasteiger partial charge in [-0.05, 0) is 72.8 Å². The van der Waals surface area contributed by atoms with Gasteiger partial charge in [-0.3, -0.25) is 4.79 Å². The van der Waals surface area contributed by atoms with Crippen LogP contribution in [0.2, 0.25) is 0 Å². The summed E-state index contributed by atoms with van der Waals surface area (Å²) in [7, 11) is 0. The molecule has 0 unspecified atom stereocenters. The number of carbonyl (C=O) groups excluding carboxylic acids is 1. The van der Waals surface area contributed by atoms with Crippen molar-refractivity contribution in [3.63, 3.8) is 0 Å². The summed E-state index contributed by atoms with van der Waals surface area (Å²) in [6.45, 7) is 4.11. The fourth-order valence-corrected chi connectivity index (χ4v) is 3.75. The molecule has 2 aromatic heterocycles. The average Bonchev–Trinajstić information content (AvgIpc) is 3.24. The van der Waals surface area contributed by atoms with E-state index < -0.39 is 0 Å². The number of fused-ring (bicyclic) bond motifs is 1. The Morgan fingerprint density at radius 2 is 1.89 bits per heavy atom. The fourth-order valence-electron chi connectivity index (χ4n) is 3.39. The molecule has 0 spiro atoms. The zero-order valence-corrected chi connectivity index (χ0v) is 17.7. The summed E-state index contributed by atoms with van der Waals surface area (Å²) < 4.78 is 3.38. The molecule has 1 amide bonds. The van der Waals surface area contributed by atoms with Gasteiger partial charge in [0.1, 0.15) is 0 Å². The Balaban J connectivity index is 1.54. The van der Waals surface area contributed by atoms with E-state index >= 15 is 0 Å². The van der Waals surface area contributed by atoms with Crippen LogP contribution in [0.5, 0.6) is 0 Å². The average molecular weight is 482 g/mol. The minimum Gasteiger partial charge on any atom is -0.360 e. The van der Waals surface area contributed by atoms with Gasteiger partial charge in [0, 0.05) is 43.3 Å². The molecule has 2 heterocycles. The van der Waals surface area contributed by atoms with Gasteiger partial charge in [0.15, 0.2) is 0 Å². The van der Waals surface area contributed by atoms with E-state index in [0.717, 1.165) is 33.5 Å². The number of benzene rings is 2. The van der Waals surface area contributed by atoms with Crippen LogP contribution in [0.1, 0.15) is 27.3 Å². The van der Waals surface area contributed by atoms with E-state index in [9.17, 15) is 4.79 Å². The zero-order chi connectivity index (χ0) is 19.7. The van der Waals surface area contributed by atoms with Crippen LogP contribution in [-0.4, -0.2) is 21.7 Å². The number of nitrogens with one attached hydrogen (secondary N) is 2. The number of aromatic nitrogens is 2. The number of hydrogen-bond acceptors (Lipinski definition) is 2. The Morgan fingerprint density at radius 3 is 2.68 bits per heavy atom. The number of hydrogen-bond donors (Lipinski definition) is 2. The van der Waals surface area contributed by atoms with Crippen LogP contribution in [0, 0.1) is 17.4 Å². The second-order valence-electron chi connectivity index (χ2n) is 6.59. The first-order valence-electron chi connectivity index (χ1n) is 8.89. The standard InChI is InChI=1S/C22H19IN4O/c1-14-11-16(15(2)27(14)18-9-7-17(23)8-10-18)12-25-26-22(28)20-13-24-21-6-4-3-5-19(20)21/h3-13,24H,1-2H3,(H,26,28)/b25-12+. The smallest absolute Gasteiger partial charge is 0.273 e. The third kappa shape index (κ3) is 3.47. The van der Waals surface area contributed by atoms with Gasteiger partial charge in [0.2, 0.25) is 0 Å². The van der Waals surface area contributed by atoms with Gasteiger partial charge < -0.3 is 9.55 Å². The van der Waals surface area contributed by atoms with Crippen molar-refractivity contribution in [2.75, 3.05) is 0 Å². The first kappa shape index (κ1) is 18.5. The van der Waals surface area contributed by atoms with E-state index in [1.807, 2.05) is 31.2 Å². The second kappa shape index (κ2) is 7.63. The number of halogens is 1. The molecule has 0 radical (unpaired) electrons. The summed E-state index contributed by atoms with van der Waals surface area (Å²) in [5, 5.41) is 5.06. The Morgan fingerprint density at radius 1 is 1.14 bits per heavy atom. The highest BCUT2D eigenvalue weighted by Gasteiger charge is 2.12. The van der Waals surface area contributed by atoms with Crippen LogP contribution in [0.15, 0.2) is 65.9 Å². The predicted octanol–water partition coefficient (Wildman–Crippen LogP) is 4.94.